The van der Waals surface area contributed by atoms with Crippen molar-refractivity contribution in [3.05, 3.63) is 0 Å². The first-order chi connectivity index (χ1) is 14.6. The molecule has 0 spiro atoms. The minimum absolute atomic E-state index is 0.0990. The van der Waals surface area contributed by atoms with Gasteiger partial charge in [-0.2, -0.15) is 0 Å². The van der Waals surface area contributed by atoms with Crippen molar-refractivity contribution in [3.8, 4) is 0 Å². The van der Waals surface area contributed by atoms with E-state index in [1.165, 1.54) is 89.9 Å². The Morgan fingerprint density at radius 1 is 0.633 bits per heavy atom. The normalized spacial score (nSPS) is 12.1. The lowest BCUT2D eigenvalue weighted by atomic mass is 9.96. The number of primary amides is 1. The molecular formula is C26H52N2O2. The Balaban J connectivity index is 3.60. The average Bonchev–Trinajstić information content (AvgIpc) is 2.73. The molecule has 0 rings (SSSR count). The van der Waals surface area contributed by atoms with E-state index in [2.05, 4.69) is 19.2 Å². The van der Waals surface area contributed by atoms with Gasteiger partial charge in [-0.25, -0.2) is 0 Å². The predicted octanol–water partition coefficient (Wildman–Crippen LogP) is 7.05. The third-order valence-corrected chi connectivity index (χ3v) is 6.13. The van der Waals surface area contributed by atoms with Crippen molar-refractivity contribution in [3.63, 3.8) is 0 Å². The Kier molecular flexibility index (Phi) is 21.8. The summed E-state index contributed by atoms with van der Waals surface area (Å²) in [4.78, 5) is 23.7. The van der Waals surface area contributed by atoms with E-state index in [-0.39, 0.29) is 17.7 Å². The molecular weight excluding hydrogens is 372 g/mol. The number of rotatable bonds is 23. The van der Waals surface area contributed by atoms with Gasteiger partial charge in [0, 0.05) is 18.9 Å². The third kappa shape index (κ3) is 20.2. The van der Waals surface area contributed by atoms with Crippen LogP contribution < -0.4 is 11.1 Å². The molecule has 0 heterocycles. The molecule has 0 saturated heterocycles. The first kappa shape index (κ1) is 28.9. The molecule has 0 radical (unpaired) electrons. The molecule has 1 unspecified atom stereocenters. The Hall–Kier alpha value is -1.06. The monoisotopic (exact) mass is 424 g/mol. The number of carbonyl (C=O) groups is 2. The molecule has 0 bridgehead atoms. The molecule has 4 nitrogen and oxygen atoms in total. The maximum atomic E-state index is 12.0. The van der Waals surface area contributed by atoms with Crippen molar-refractivity contribution < 1.29 is 9.59 Å². The van der Waals surface area contributed by atoms with Crippen molar-refractivity contribution in [2.45, 2.75) is 142 Å². The fraction of sp³-hybridized carbons (Fsp3) is 0.923. The molecule has 0 saturated carbocycles. The van der Waals surface area contributed by atoms with Gasteiger partial charge in [0.2, 0.25) is 11.8 Å². The summed E-state index contributed by atoms with van der Waals surface area (Å²) in [5, 5.41) is 2.98. The molecule has 0 aliphatic heterocycles. The van der Waals surface area contributed by atoms with Gasteiger partial charge in [-0.1, -0.05) is 117 Å². The maximum absolute atomic E-state index is 12.0. The van der Waals surface area contributed by atoms with Crippen LogP contribution in [0.4, 0.5) is 0 Å². The van der Waals surface area contributed by atoms with E-state index < -0.39 is 0 Å². The Bertz CT molecular complexity index is 398. The molecule has 1 atom stereocenters. The van der Waals surface area contributed by atoms with E-state index in [4.69, 9.17) is 5.73 Å². The number of carbonyl (C=O) groups excluding carboxylic acids is 2. The van der Waals surface area contributed by atoms with Gasteiger partial charge in [0.1, 0.15) is 0 Å². The number of hydrogen-bond donors (Lipinski definition) is 2. The molecule has 0 aliphatic rings. The lowest BCUT2D eigenvalue weighted by molar-refractivity contribution is -0.123. The van der Waals surface area contributed by atoms with Gasteiger partial charge < -0.3 is 11.1 Å². The number of nitrogens with one attached hydrogen (secondary N) is 1. The van der Waals surface area contributed by atoms with E-state index in [1.54, 1.807) is 0 Å². The minimum atomic E-state index is -0.217. The highest BCUT2D eigenvalue weighted by Crippen LogP contribution is 2.16. The Morgan fingerprint density at radius 2 is 1.07 bits per heavy atom. The molecule has 0 fully saturated rings. The summed E-state index contributed by atoms with van der Waals surface area (Å²) in [5.41, 5.74) is 5.56. The number of hydrogen-bond acceptors (Lipinski definition) is 2. The standard InChI is InChI=1S/C26H52N2O2/c1-3-5-7-9-11-13-15-17-19-21-25(29)28-23-22-24(26(27)30)20-18-16-14-12-10-8-6-4-2/h24H,3-23H2,1-2H3,(H2,27,30)(H,28,29). The minimum Gasteiger partial charge on any atom is -0.369 e. The van der Waals surface area contributed by atoms with Crippen molar-refractivity contribution in [1.82, 2.24) is 5.32 Å². The molecule has 30 heavy (non-hydrogen) atoms. The smallest absolute Gasteiger partial charge is 0.220 e. The van der Waals surface area contributed by atoms with Crippen LogP contribution in [0.15, 0.2) is 0 Å². The topological polar surface area (TPSA) is 72.2 Å². The highest BCUT2D eigenvalue weighted by molar-refractivity contribution is 5.77. The highest BCUT2D eigenvalue weighted by Gasteiger charge is 2.15. The zero-order valence-corrected chi connectivity index (χ0v) is 20.3. The number of nitrogens with two attached hydrogens (primary N) is 1. The van der Waals surface area contributed by atoms with Crippen molar-refractivity contribution >= 4 is 11.8 Å². The lowest BCUT2D eigenvalue weighted by Crippen LogP contribution is -2.30. The van der Waals surface area contributed by atoms with Gasteiger partial charge >= 0.3 is 0 Å². The zero-order chi connectivity index (χ0) is 22.3. The van der Waals surface area contributed by atoms with Crippen LogP contribution in [0, 0.1) is 5.92 Å². The van der Waals surface area contributed by atoms with E-state index in [9.17, 15) is 9.59 Å². The molecule has 2 amide bonds. The summed E-state index contributed by atoms with van der Waals surface area (Å²) in [5.74, 6) is -0.197. The molecule has 0 aromatic rings. The second kappa shape index (κ2) is 22.6. The SMILES string of the molecule is CCCCCCCCCCCC(=O)NCCC(CCCCCCCCCC)C(N)=O. The maximum Gasteiger partial charge on any atom is 0.220 e. The van der Waals surface area contributed by atoms with Crippen LogP contribution in [0.3, 0.4) is 0 Å². The number of unbranched alkanes of at least 4 members (excludes halogenated alkanes) is 15. The molecule has 0 aliphatic carbocycles. The van der Waals surface area contributed by atoms with Gasteiger partial charge in [-0.3, -0.25) is 9.59 Å². The van der Waals surface area contributed by atoms with Crippen LogP contribution in [-0.2, 0) is 9.59 Å². The predicted molar refractivity (Wildman–Crippen MR) is 129 cm³/mol. The van der Waals surface area contributed by atoms with Gasteiger partial charge in [-0.05, 0) is 19.3 Å². The second-order valence-corrected chi connectivity index (χ2v) is 9.08. The quantitative estimate of drug-likeness (QED) is 0.173. The van der Waals surface area contributed by atoms with Crippen molar-refractivity contribution in [2.75, 3.05) is 6.54 Å². The molecule has 3 N–H and O–H groups in total. The molecule has 0 aromatic carbocycles. The molecule has 4 heteroatoms. The highest BCUT2D eigenvalue weighted by atomic mass is 16.2. The summed E-state index contributed by atoms with van der Waals surface area (Å²) in [6, 6.07) is 0. The van der Waals surface area contributed by atoms with Gasteiger partial charge in [0.05, 0.1) is 0 Å². The van der Waals surface area contributed by atoms with Crippen LogP contribution in [-0.4, -0.2) is 18.4 Å². The summed E-state index contributed by atoms with van der Waals surface area (Å²) in [6.45, 7) is 5.06. The van der Waals surface area contributed by atoms with E-state index in [0.717, 1.165) is 25.7 Å². The Labute approximate surface area is 187 Å². The van der Waals surface area contributed by atoms with E-state index >= 15 is 0 Å². The van der Waals surface area contributed by atoms with Crippen LogP contribution in [0.25, 0.3) is 0 Å². The fourth-order valence-corrected chi connectivity index (χ4v) is 4.02. The van der Waals surface area contributed by atoms with Crippen LogP contribution in [0.5, 0.6) is 0 Å². The van der Waals surface area contributed by atoms with Gasteiger partial charge in [0.15, 0.2) is 0 Å². The molecule has 178 valence electrons. The van der Waals surface area contributed by atoms with Crippen LogP contribution in [0.2, 0.25) is 0 Å². The summed E-state index contributed by atoms with van der Waals surface area (Å²) >= 11 is 0. The van der Waals surface area contributed by atoms with Crippen LogP contribution >= 0.6 is 0 Å². The average molecular weight is 425 g/mol. The summed E-state index contributed by atoms with van der Waals surface area (Å²) in [6.07, 6.45) is 23.6. The summed E-state index contributed by atoms with van der Waals surface area (Å²) < 4.78 is 0. The first-order valence-electron chi connectivity index (χ1n) is 13.2. The van der Waals surface area contributed by atoms with Gasteiger partial charge in [-0.15, -0.1) is 0 Å². The van der Waals surface area contributed by atoms with Crippen molar-refractivity contribution in [2.24, 2.45) is 11.7 Å². The fourth-order valence-electron chi connectivity index (χ4n) is 4.02. The van der Waals surface area contributed by atoms with Gasteiger partial charge in [0.25, 0.3) is 0 Å². The van der Waals surface area contributed by atoms with Crippen molar-refractivity contribution in [1.29, 1.82) is 0 Å². The third-order valence-electron chi connectivity index (χ3n) is 6.13. The van der Waals surface area contributed by atoms with E-state index in [0.29, 0.717) is 19.4 Å². The number of amides is 2. The molecule has 0 aromatic heterocycles. The second-order valence-electron chi connectivity index (χ2n) is 9.08. The largest absolute Gasteiger partial charge is 0.369 e. The van der Waals surface area contributed by atoms with E-state index in [1.807, 2.05) is 0 Å². The lowest BCUT2D eigenvalue weighted by Gasteiger charge is -2.14. The Morgan fingerprint density at radius 3 is 1.53 bits per heavy atom. The zero-order valence-electron chi connectivity index (χ0n) is 20.3. The van der Waals surface area contributed by atoms with Crippen LogP contribution in [0.1, 0.15) is 142 Å². The first-order valence-corrected chi connectivity index (χ1v) is 13.2. The summed E-state index contributed by atoms with van der Waals surface area (Å²) in [7, 11) is 0.